The van der Waals surface area contributed by atoms with E-state index in [1.165, 1.54) is 5.56 Å². The average molecular weight is 515 g/mol. The van der Waals surface area contributed by atoms with Gasteiger partial charge in [0.1, 0.15) is 5.69 Å². The molecule has 4 aromatic rings. The SMILES string of the molecule is CN(CCc1ccncc1)C(=O)C1CCN(C(=O)c2cc3ccccc3n2Cc2ccc(Cl)cc2)CC1. The van der Waals surface area contributed by atoms with Crippen molar-refractivity contribution in [2.45, 2.75) is 25.8 Å². The maximum absolute atomic E-state index is 13.7. The Morgan fingerprint density at radius 2 is 1.68 bits per heavy atom. The molecule has 2 aromatic heterocycles. The van der Waals surface area contributed by atoms with Crippen molar-refractivity contribution in [2.75, 3.05) is 26.7 Å². The molecule has 0 aliphatic carbocycles. The van der Waals surface area contributed by atoms with E-state index in [-0.39, 0.29) is 17.7 Å². The summed E-state index contributed by atoms with van der Waals surface area (Å²) < 4.78 is 2.09. The molecule has 2 aromatic carbocycles. The van der Waals surface area contributed by atoms with Gasteiger partial charge in [0, 0.05) is 67.5 Å². The molecular formula is C30H31ClN4O2. The van der Waals surface area contributed by atoms with Crippen LogP contribution in [0.2, 0.25) is 5.02 Å². The lowest BCUT2D eigenvalue weighted by Gasteiger charge is -2.33. The zero-order chi connectivity index (χ0) is 25.8. The van der Waals surface area contributed by atoms with Crippen molar-refractivity contribution in [3.63, 3.8) is 0 Å². The fourth-order valence-electron chi connectivity index (χ4n) is 5.09. The van der Waals surface area contributed by atoms with Crippen molar-refractivity contribution in [1.82, 2.24) is 19.4 Å². The largest absolute Gasteiger partial charge is 0.345 e. The fraction of sp³-hybridized carbons (Fsp3) is 0.300. The number of likely N-dealkylation sites (tertiary alicyclic amines) is 1. The predicted molar refractivity (Wildman–Crippen MR) is 147 cm³/mol. The summed E-state index contributed by atoms with van der Waals surface area (Å²) in [7, 11) is 1.87. The van der Waals surface area contributed by atoms with Gasteiger partial charge in [-0.05, 0) is 66.8 Å². The van der Waals surface area contributed by atoms with Gasteiger partial charge >= 0.3 is 0 Å². The third-order valence-electron chi connectivity index (χ3n) is 7.28. The van der Waals surface area contributed by atoms with Gasteiger partial charge in [-0.15, -0.1) is 0 Å². The minimum absolute atomic E-state index is 0.0158. The number of fused-ring (bicyclic) bond motifs is 1. The number of likely N-dealkylation sites (N-methyl/N-ethyl adjacent to an activating group) is 1. The number of piperidine rings is 1. The Morgan fingerprint density at radius 1 is 0.973 bits per heavy atom. The van der Waals surface area contributed by atoms with E-state index in [0.717, 1.165) is 22.9 Å². The number of rotatable bonds is 7. The molecule has 1 aliphatic heterocycles. The number of pyridine rings is 1. The standard InChI is InChI=1S/C30H31ClN4O2/c1-33(17-12-22-10-15-32-16-11-22)29(36)24-13-18-34(19-14-24)30(37)28-20-25-4-2-3-5-27(25)35(28)21-23-6-8-26(31)9-7-23/h2-11,15-16,20,24H,12-14,17-19,21H2,1H3. The van der Waals surface area contributed by atoms with E-state index in [0.29, 0.717) is 49.7 Å². The molecule has 2 amide bonds. The van der Waals surface area contributed by atoms with Crippen molar-refractivity contribution >= 4 is 34.3 Å². The number of para-hydroxylation sites is 1. The highest BCUT2D eigenvalue weighted by molar-refractivity contribution is 6.30. The lowest BCUT2D eigenvalue weighted by Crippen LogP contribution is -2.44. The first-order chi connectivity index (χ1) is 18.0. The van der Waals surface area contributed by atoms with Crippen LogP contribution >= 0.6 is 11.6 Å². The van der Waals surface area contributed by atoms with Crippen LogP contribution in [-0.4, -0.2) is 57.8 Å². The summed E-state index contributed by atoms with van der Waals surface area (Å²) in [6.07, 6.45) is 5.72. The molecule has 5 rings (SSSR count). The minimum Gasteiger partial charge on any atom is -0.345 e. The lowest BCUT2D eigenvalue weighted by atomic mass is 9.95. The summed E-state index contributed by atoms with van der Waals surface area (Å²) in [6.45, 7) is 2.42. The number of hydrogen-bond donors (Lipinski definition) is 0. The molecule has 0 radical (unpaired) electrons. The zero-order valence-electron chi connectivity index (χ0n) is 21.0. The van der Waals surface area contributed by atoms with Crippen molar-refractivity contribution in [3.8, 4) is 0 Å². The topological polar surface area (TPSA) is 58.4 Å². The van der Waals surface area contributed by atoms with Gasteiger partial charge in [-0.2, -0.15) is 0 Å². The third-order valence-corrected chi connectivity index (χ3v) is 7.53. The molecule has 190 valence electrons. The second-order valence-electron chi connectivity index (χ2n) is 9.73. The highest BCUT2D eigenvalue weighted by Crippen LogP contribution is 2.26. The number of benzene rings is 2. The van der Waals surface area contributed by atoms with Crippen LogP contribution in [0.5, 0.6) is 0 Å². The van der Waals surface area contributed by atoms with E-state index in [4.69, 9.17) is 11.6 Å². The number of carbonyl (C=O) groups is 2. The molecule has 0 N–H and O–H groups in total. The summed E-state index contributed by atoms with van der Waals surface area (Å²) in [5.74, 6) is 0.131. The van der Waals surface area contributed by atoms with E-state index in [1.807, 2.05) is 77.5 Å². The molecule has 0 bridgehead atoms. The Hall–Kier alpha value is -3.64. The highest BCUT2D eigenvalue weighted by atomic mass is 35.5. The van der Waals surface area contributed by atoms with Crippen LogP contribution in [0.3, 0.4) is 0 Å². The second-order valence-corrected chi connectivity index (χ2v) is 10.2. The second kappa shape index (κ2) is 11.2. The predicted octanol–water partition coefficient (Wildman–Crippen LogP) is 5.29. The monoisotopic (exact) mass is 514 g/mol. The first-order valence-electron chi connectivity index (χ1n) is 12.8. The Balaban J connectivity index is 1.25. The maximum atomic E-state index is 13.7. The molecular weight excluding hydrogens is 484 g/mol. The van der Waals surface area contributed by atoms with E-state index < -0.39 is 0 Å². The molecule has 0 atom stereocenters. The van der Waals surface area contributed by atoms with Gasteiger partial charge in [-0.25, -0.2) is 0 Å². The Kier molecular flexibility index (Phi) is 7.56. The van der Waals surface area contributed by atoms with Crippen molar-refractivity contribution in [1.29, 1.82) is 0 Å². The molecule has 0 saturated carbocycles. The minimum atomic E-state index is -0.0496. The normalized spacial score (nSPS) is 14.2. The molecule has 1 saturated heterocycles. The Labute approximate surface area is 222 Å². The van der Waals surface area contributed by atoms with Gasteiger partial charge in [0.15, 0.2) is 0 Å². The summed E-state index contributed by atoms with van der Waals surface area (Å²) in [6, 6.07) is 21.8. The van der Waals surface area contributed by atoms with Crippen LogP contribution in [0.1, 0.15) is 34.5 Å². The maximum Gasteiger partial charge on any atom is 0.270 e. The zero-order valence-corrected chi connectivity index (χ0v) is 21.8. The van der Waals surface area contributed by atoms with Gasteiger partial charge in [0.05, 0.1) is 0 Å². The molecule has 0 unspecified atom stereocenters. The van der Waals surface area contributed by atoms with Gasteiger partial charge in [-0.3, -0.25) is 14.6 Å². The van der Waals surface area contributed by atoms with Crippen molar-refractivity contribution < 1.29 is 9.59 Å². The third kappa shape index (κ3) is 5.70. The van der Waals surface area contributed by atoms with Crippen molar-refractivity contribution in [2.24, 2.45) is 5.92 Å². The van der Waals surface area contributed by atoms with Crippen LogP contribution in [0.25, 0.3) is 10.9 Å². The van der Waals surface area contributed by atoms with E-state index >= 15 is 0 Å². The summed E-state index contributed by atoms with van der Waals surface area (Å²) >= 11 is 6.07. The Morgan fingerprint density at radius 3 is 2.41 bits per heavy atom. The highest BCUT2D eigenvalue weighted by Gasteiger charge is 2.30. The average Bonchev–Trinajstić information content (AvgIpc) is 3.31. The fourth-order valence-corrected chi connectivity index (χ4v) is 5.22. The number of hydrogen-bond acceptors (Lipinski definition) is 3. The first kappa shape index (κ1) is 25.0. The van der Waals surface area contributed by atoms with Crippen LogP contribution in [0, 0.1) is 5.92 Å². The number of aromatic nitrogens is 2. The van der Waals surface area contributed by atoms with Crippen LogP contribution in [-0.2, 0) is 17.8 Å². The number of carbonyl (C=O) groups excluding carboxylic acids is 2. The van der Waals surface area contributed by atoms with E-state index in [1.54, 1.807) is 12.4 Å². The molecule has 37 heavy (non-hydrogen) atoms. The summed E-state index contributed by atoms with van der Waals surface area (Å²) in [4.78, 5) is 34.5. The van der Waals surface area contributed by atoms with E-state index in [2.05, 4.69) is 15.6 Å². The number of halogens is 1. The van der Waals surface area contributed by atoms with Crippen LogP contribution in [0.4, 0.5) is 0 Å². The molecule has 6 nitrogen and oxygen atoms in total. The molecule has 0 spiro atoms. The molecule has 3 heterocycles. The van der Waals surface area contributed by atoms with Gasteiger partial charge < -0.3 is 14.4 Å². The first-order valence-corrected chi connectivity index (χ1v) is 13.1. The van der Waals surface area contributed by atoms with Gasteiger partial charge in [-0.1, -0.05) is 41.9 Å². The lowest BCUT2D eigenvalue weighted by molar-refractivity contribution is -0.135. The van der Waals surface area contributed by atoms with Crippen LogP contribution < -0.4 is 0 Å². The van der Waals surface area contributed by atoms with E-state index in [9.17, 15) is 9.59 Å². The molecule has 1 aliphatic rings. The summed E-state index contributed by atoms with van der Waals surface area (Å²) in [5.41, 5.74) is 3.96. The quantitative estimate of drug-likeness (QED) is 0.336. The van der Waals surface area contributed by atoms with Gasteiger partial charge in [0.25, 0.3) is 5.91 Å². The van der Waals surface area contributed by atoms with Crippen LogP contribution in [0.15, 0.2) is 79.1 Å². The smallest absolute Gasteiger partial charge is 0.270 e. The summed E-state index contributed by atoms with van der Waals surface area (Å²) in [5, 5.41) is 1.73. The number of nitrogens with zero attached hydrogens (tertiary/aromatic N) is 4. The Bertz CT molecular complexity index is 1380. The molecule has 1 fully saturated rings. The van der Waals surface area contributed by atoms with Crippen molar-refractivity contribution in [3.05, 3.63) is 101 Å². The molecule has 7 heteroatoms. The van der Waals surface area contributed by atoms with Gasteiger partial charge in [0.2, 0.25) is 5.91 Å². The number of amides is 2.